The number of aromatic nitrogens is 3. The number of rotatable bonds is 9. The van der Waals surface area contributed by atoms with E-state index in [1.54, 1.807) is 19.2 Å². The Labute approximate surface area is 198 Å². The summed E-state index contributed by atoms with van der Waals surface area (Å²) in [6.07, 6.45) is 4.54. The van der Waals surface area contributed by atoms with Gasteiger partial charge < -0.3 is 9.47 Å². The Balaban J connectivity index is 1.46. The summed E-state index contributed by atoms with van der Waals surface area (Å²) in [6, 6.07) is 15.1. The number of ether oxygens (including phenoxy) is 2. The van der Waals surface area contributed by atoms with E-state index in [9.17, 15) is 4.39 Å². The van der Waals surface area contributed by atoms with Crippen molar-refractivity contribution in [3.63, 3.8) is 0 Å². The van der Waals surface area contributed by atoms with Crippen LogP contribution in [0.15, 0.2) is 48.5 Å². The highest BCUT2D eigenvalue weighted by Crippen LogP contribution is 2.31. The lowest BCUT2D eigenvalue weighted by Gasteiger charge is -2.23. The van der Waals surface area contributed by atoms with Crippen molar-refractivity contribution in [3.05, 3.63) is 64.7 Å². The molecule has 0 N–H and O–H groups in total. The lowest BCUT2D eigenvalue weighted by atomic mass is 10.2. The van der Waals surface area contributed by atoms with Crippen LogP contribution in [0.25, 0.3) is 11.4 Å². The summed E-state index contributed by atoms with van der Waals surface area (Å²) in [7, 11) is 1.71. The van der Waals surface area contributed by atoms with Crippen LogP contribution in [0.3, 0.4) is 0 Å². The minimum absolute atomic E-state index is 0.127. The van der Waals surface area contributed by atoms with E-state index in [2.05, 4.69) is 11.0 Å². The normalized spacial score (nSPS) is 18.2. The Morgan fingerprint density at radius 3 is 2.64 bits per heavy atom. The number of benzene rings is 2. The molecule has 6 nitrogen and oxygen atoms in total. The fourth-order valence-electron chi connectivity index (χ4n) is 4.46. The molecule has 1 unspecified atom stereocenters. The SMILES string of the molecule is COc1ccccc1CN(Cn1nc(-c2ccc(F)cc2)n(CC2CCCO2)c1=S)C1CC1. The van der Waals surface area contributed by atoms with E-state index < -0.39 is 0 Å². The molecule has 2 fully saturated rings. The van der Waals surface area contributed by atoms with Gasteiger partial charge in [-0.25, -0.2) is 9.07 Å². The van der Waals surface area contributed by atoms with Crippen molar-refractivity contribution >= 4 is 12.2 Å². The maximum absolute atomic E-state index is 13.6. The molecular formula is C25H29FN4O2S. The molecule has 1 atom stereocenters. The predicted octanol–water partition coefficient (Wildman–Crippen LogP) is 5.03. The Bertz CT molecular complexity index is 1150. The molecule has 2 aliphatic rings. The van der Waals surface area contributed by atoms with Crippen molar-refractivity contribution < 1.29 is 13.9 Å². The molecule has 1 saturated carbocycles. The van der Waals surface area contributed by atoms with Crippen LogP contribution < -0.4 is 4.74 Å². The molecule has 5 rings (SSSR count). The van der Waals surface area contributed by atoms with Gasteiger partial charge in [-0.3, -0.25) is 9.47 Å². The molecule has 174 valence electrons. The Morgan fingerprint density at radius 1 is 1.15 bits per heavy atom. The zero-order valence-electron chi connectivity index (χ0n) is 18.8. The third kappa shape index (κ3) is 5.03. The van der Waals surface area contributed by atoms with Gasteiger partial charge in [0.2, 0.25) is 0 Å². The number of para-hydroxylation sites is 1. The Hall–Kier alpha value is -2.55. The number of hydrogen-bond donors (Lipinski definition) is 0. The molecule has 0 spiro atoms. The van der Waals surface area contributed by atoms with Crippen LogP contribution in [0.2, 0.25) is 0 Å². The summed E-state index contributed by atoms with van der Waals surface area (Å²) in [4.78, 5) is 2.41. The summed E-state index contributed by atoms with van der Waals surface area (Å²) >= 11 is 5.89. The Morgan fingerprint density at radius 2 is 1.94 bits per heavy atom. The molecule has 2 aromatic carbocycles. The average molecular weight is 469 g/mol. The molecule has 1 aliphatic carbocycles. The van der Waals surface area contributed by atoms with Crippen molar-refractivity contribution in [2.75, 3.05) is 13.7 Å². The third-order valence-electron chi connectivity index (χ3n) is 6.38. The molecule has 2 heterocycles. The molecule has 33 heavy (non-hydrogen) atoms. The average Bonchev–Trinajstić information content (AvgIpc) is 3.47. The second-order valence-electron chi connectivity index (χ2n) is 8.79. The van der Waals surface area contributed by atoms with Crippen molar-refractivity contribution in [3.8, 4) is 17.1 Å². The van der Waals surface area contributed by atoms with Crippen molar-refractivity contribution in [2.24, 2.45) is 0 Å². The maximum atomic E-state index is 13.6. The number of nitrogens with zero attached hydrogens (tertiary/aromatic N) is 4. The zero-order chi connectivity index (χ0) is 22.8. The van der Waals surface area contributed by atoms with Gasteiger partial charge in [0.1, 0.15) is 11.6 Å². The minimum Gasteiger partial charge on any atom is -0.496 e. The first-order valence-electron chi connectivity index (χ1n) is 11.5. The summed E-state index contributed by atoms with van der Waals surface area (Å²) in [5.74, 6) is 1.38. The number of methoxy groups -OCH3 is 1. The van der Waals surface area contributed by atoms with Crippen molar-refractivity contribution in [1.29, 1.82) is 0 Å². The highest BCUT2D eigenvalue weighted by molar-refractivity contribution is 7.71. The smallest absolute Gasteiger partial charge is 0.199 e. The van der Waals surface area contributed by atoms with Crippen LogP contribution in [0.5, 0.6) is 5.75 Å². The zero-order valence-corrected chi connectivity index (χ0v) is 19.6. The van der Waals surface area contributed by atoms with E-state index in [0.717, 1.165) is 48.7 Å². The summed E-state index contributed by atoms with van der Waals surface area (Å²) < 4.78 is 29.6. The minimum atomic E-state index is -0.265. The molecule has 0 amide bonds. The van der Waals surface area contributed by atoms with Gasteiger partial charge in [0.15, 0.2) is 10.6 Å². The van der Waals surface area contributed by atoms with E-state index in [4.69, 9.17) is 26.8 Å². The molecule has 0 radical (unpaired) electrons. The van der Waals surface area contributed by atoms with Gasteiger partial charge >= 0.3 is 0 Å². The van der Waals surface area contributed by atoms with E-state index in [-0.39, 0.29) is 11.9 Å². The van der Waals surface area contributed by atoms with Crippen LogP contribution >= 0.6 is 12.2 Å². The number of halogens is 1. The lowest BCUT2D eigenvalue weighted by Crippen LogP contribution is -2.29. The van der Waals surface area contributed by atoms with E-state index in [0.29, 0.717) is 24.0 Å². The second kappa shape index (κ2) is 9.75. The van der Waals surface area contributed by atoms with Gasteiger partial charge in [0, 0.05) is 30.3 Å². The highest BCUT2D eigenvalue weighted by atomic mass is 32.1. The van der Waals surface area contributed by atoms with Gasteiger partial charge in [0.05, 0.1) is 26.4 Å². The molecule has 0 bridgehead atoms. The summed E-state index contributed by atoms with van der Waals surface area (Å²) in [6.45, 7) is 2.79. The fourth-order valence-corrected chi connectivity index (χ4v) is 4.72. The van der Waals surface area contributed by atoms with E-state index in [1.165, 1.54) is 25.0 Å². The van der Waals surface area contributed by atoms with Crippen LogP contribution in [0.1, 0.15) is 31.2 Å². The first-order chi connectivity index (χ1) is 16.1. The van der Waals surface area contributed by atoms with Crippen molar-refractivity contribution in [2.45, 2.75) is 57.6 Å². The molecular weight excluding hydrogens is 439 g/mol. The second-order valence-corrected chi connectivity index (χ2v) is 9.15. The van der Waals surface area contributed by atoms with Gasteiger partial charge in [-0.2, -0.15) is 5.10 Å². The molecule has 8 heteroatoms. The van der Waals surface area contributed by atoms with Crippen LogP contribution in [0.4, 0.5) is 4.39 Å². The predicted molar refractivity (Wildman–Crippen MR) is 127 cm³/mol. The molecule has 3 aromatic rings. The van der Waals surface area contributed by atoms with E-state index >= 15 is 0 Å². The summed E-state index contributed by atoms with van der Waals surface area (Å²) in [5, 5.41) is 4.91. The maximum Gasteiger partial charge on any atom is 0.199 e. The van der Waals surface area contributed by atoms with Gasteiger partial charge in [0.25, 0.3) is 0 Å². The first kappa shape index (κ1) is 22.3. The van der Waals surface area contributed by atoms with E-state index in [1.807, 2.05) is 27.4 Å². The highest BCUT2D eigenvalue weighted by Gasteiger charge is 2.31. The molecule has 1 aromatic heterocycles. The van der Waals surface area contributed by atoms with Crippen LogP contribution in [-0.4, -0.2) is 45.1 Å². The van der Waals surface area contributed by atoms with Gasteiger partial charge in [-0.1, -0.05) is 18.2 Å². The van der Waals surface area contributed by atoms with Gasteiger partial charge in [-0.15, -0.1) is 0 Å². The Kier molecular flexibility index (Phi) is 6.57. The lowest BCUT2D eigenvalue weighted by molar-refractivity contribution is 0.0966. The summed E-state index contributed by atoms with van der Waals surface area (Å²) in [5.41, 5.74) is 2.00. The monoisotopic (exact) mass is 468 g/mol. The van der Waals surface area contributed by atoms with Gasteiger partial charge in [-0.05, 0) is 68.2 Å². The third-order valence-corrected chi connectivity index (χ3v) is 6.81. The molecule has 1 saturated heterocycles. The quantitative estimate of drug-likeness (QED) is 0.412. The van der Waals surface area contributed by atoms with Crippen LogP contribution in [0, 0.1) is 10.6 Å². The number of hydrogen-bond acceptors (Lipinski definition) is 5. The fraction of sp³-hybridized carbons (Fsp3) is 0.440. The largest absolute Gasteiger partial charge is 0.496 e. The first-order valence-corrected chi connectivity index (χ1v) is 11.9. The molecule has 1 aliphatic heterocycles. The van der Waals surface area contributed by atoms with Crippen LogP contribution in [-0.2, 0) is 24.5 Å². The standard InChI is InChI=1S/C25H29FN4O2S/c1-31-23-7-3-2-5-19(23)15-28(21-12-13-21)17-30-25(33)29(16-22-6-4-14-32-22)24(27-30)18-8-10-20(26)11-9-18/h2-3,5,7-11,21-22H,4,6,12-17H2,1H3. The van der Waals surface area contributed by atoms with Crippen molar-refractivity contribution in [1.82, 2.24) is 19.2 Å². The topological polar surface area (TPSA) is 44.5 Å².